The van der Waals surface area contributed by atoms with Crippen LogP contribution in [-0.4, -0.2) is 39.2 Å². The van der Waals surface area contributed by atoms with Crippen molar-refractivity contribution in [2.45, 2.75) is 16.7 Å². The van der Waals surface area contributed by atoms with E-state index in [0.717, 1.165) is 24.3 Å². The van der Waals surface area contributed by atoms with Crippen LogP contribution in [0, 0.1) is 0 Å². The molecule has 0 atom stereocenters. The van der Waals surface area contributed by atoms with Crippen molar-refractivity contribution in [3.05, 3.63) is 36.0 Å². The molecular formula is C13H14FN3O6S2. The number of anilines is 1. The van der Waals surface area contributed by atoms with Crippen LogP contribution in [0.2, 0.25) is 0 Å². The molecule has 0 fully saturated rings. The topological polar surface area (TPSA) is 124 Å². The number of esters is 1. The fourth-order valence-electron chi connectivity index (χ4n) is 1.89. The predicted molar refractivity (Wildman–Crippen MR) is 84.7 cm³/mol. The van der Waals surface area contributed by atoms with Crippen LogP contribution in [0.15, 0.2) is 40.3 Å². The van der Waals surface area contributed by atoms with Crippen molar-refractivity contribution in [3.8, 4) is 0 Å². The van der Waals surface area contributed by atoms with Crippen LogP contribution in [0.25, 0.3) is 0 Å². The number of hydrogen-bond acceptors (Lipinski definition) is 7. The highest BCUT2D eigenvalue weighted by atomic mass is 32.3. The summed E-state index contributed by atoms with van der Waals surface area (Å²) in [5, 5.41) is 3.85. The summed E-state index contributed by atoms with van der Waals surface area (Å²) in [6.45, 7) is 1.69. The van der Waals surface area contributed by atoms with Crippen LogP contribution in [0.1, 0.15) is 17.3 Å². The largest absolute Gasteiger partial charge is 0.462 e. The Balaban J connectivity index is 2.35. The first-order chi connectivity index (χ1) is 11.5. The minimum atomic E-state index is -4.94. The molecule has 25 heavy (non-hydrogen) atoms. The Labute approximate surface area is 143 Å². The highest BCUT2D eigenvalue weighted by Crippen LogP contribution is 2.21. The normalized spacial score (nSPS) is 12.0. The second-order valence-electron chi connectivity index (χ2n) is 4.80. The van der Waals surface area contributed by atoms with Gasteiger partial charge in [0.15, 0.2) is 5.82 Å². The summed E-state index contributed by atoms with van der Waals surface area (Å²) in [5.41, 5.74) is -0.0871. The molecular weight excluding hydrogens is 377 g/mol. The number of ether oxygens (including phenoxy) is 1. The Bertz CT molecular complexity index is 997. The molecule has 0 aliphatic rings. The van der Waals surface area contributed by atoms with E-state index in [1.807, 2.05) is 0 Å². The van der Waals surface area contributed by atoms with Gasteiger partial charge in [-0.3, -0.25) is 9.40 Å². The summed E-state index contributed by atoms with van der Waals surface area (Å²) >= 11 is 0. The van der Waals surface area contributed by atoms with Crippen LogP contribution in [0.3, 0.4) is 0 Å². The smallest absolute Gasteiger partial charge is 0.343 e. The Morgan fingerprint density at radius 2 is 1.76 bits per heavy atom. The van der Waals surface area contributed by atoms with Gasteiger partial charge < -0.3 is 4.74 Å². The van der Waals surface area contributed by atoms with E-state index in [0.29, 0.717) is 0 Å². The average molecular weight is 391 g/mol. The second-order valence-corrected chi connectivity index (χ2v) is 7.83. The van der Waals surface area contributed by atoms with Crippen LogP contribution in [0.4, 0.5) is 9.70 Å². The van der Waals surface area contributed by atoms with Crippen molar-refractivity contribution < 1.29 is 30.3 Å². The number of hydrogen-bond donors (Lipinski definition) is 1. The number of halogens is 1. The van der Waals surface area contributed by atoms with E-state index >= 15 is 0 Å². The summed E-state index contributed by atoms with van der Waals surface area (Å²) in [4.78, 5) is 10.8. The molecule has 136 valence electrons. The molecule has 9 nitrogen and oxygen atoms in total. The first kappa shape index (κ1) is 18.9. The molecule has 0 bridgehead atoms. The van der Waals surface area contributed by atoms with Crippen molar-refractivity contribution in [3.63, 3.8) is 0 Å². The van der Waals surface area contributed by atoms with Crippen LogP contribution in [-0.2, 0) is 32.0 Å². The van der Waals surface area contributed by atoms with E-state index in [-0.39, 0.29) is 22.9 Å². The maximum atomic E-state index is 12.9. The maximum absolute atomic E-state index is 12.9. The van der Waals surface area contributed by atoms with Crippen molar-refractivity contribution in [2.24, 2.45) is 7.05 Å². The fourth-order valence-corrected chi connectivity index (χ4v) is 3.37. The van der Waals surface area contributed by atoms with E-state index in [2.05, 4.69) is 9.82 Å². The highest BCUT2D eigenvalue weighted by Gasteiger charge is 2.23. The van der Waals surface area contributed by atoms with Gasteiger partial charge in [-0.15, -0.1) is 3.89 Å². The molecule has 0 saturated carbocycles. The molecule has 0 aliphatic heterocycles. The quantitative estimate of drug-likeness (QED) is 0.576. The molecule has 0 radical (unpaired) electrons. The van der Waals surface area contributed by atoms with Gasteiger partial charge in [0, 0.05) is 13.2 Å². The first-order valence-electron chi connectivity index (χ1n) is 6.83. The van der Waals surface area contributed by atoms with Gasteiger partial charge in [0.05, 0.1) is 16.4 Å². The number of nitrogens with zero attached hydrogens (tertiary/aromatic N) is 2. The molecule has 12 heteroatoms. The summed E-state index contributed by atoms with van der Waals surface area (Å²) in [6, 6.07) is 3.46. The molecule has 0 unspecified atom stereocenters. The number of sulfonamides is 1. The van der Waals surface area contributed by atoms with E-state index in [9.17, 15) is 25.5 Å². The number of rotatable bonds is 6. The Morgan fingerprint density at radius 3 is 2.28 bits per heavy atom. The van der Waals surface area contributed by atoms with Gasteiger partial charge >= 0.3 is 16.2 Å². The third-order valence-electron chi connectivity index (χ3n) is 2.97. The lowest BCUT2D eigenvalue weighted by Crippen LogP contribution is -2.16. The maximum Gasteiger partial charge on any atom is 0.343 e. The highest BCUT2D eigenvalue weighted by molar-refractivity contribution is 7.92. The minimum Gasteiger partial charge on any atom is -0.462 e. The predicted octanol–water partition coefficient (Wildman–Crippen LogP) is 1.06. The average Bonchev–Trinajstić information content (AvgIpc) is 2.86. The van der Waals surface area contributed by atoms with Gasteiger partial charge in [-0.25, -0.2) is 13.2 Å². The second kappa shape index (κ2) is 6.80. The molecule has 1 N–H and O–H groups in total. The lowest BCUT2D eigenvalue weighted by atomic mass is 10.3. The minimum absolute atomic E-state index is 0.0871. The van der Waals surface area contributed by atoms with Crippen LogP contribution < -0.4 is 4.72 Å². The number of carbonyl (C=O) groups is 1. The fraction of sp³-hybridized carbons (Fsp3) is 0.231. The van der Waals surface area contributed by atoms with E-state index in [4.69, 9.17) is 4.74 Å². The van der Waals surface area contributed by atoms with Crippen molar-refractivity contribution in [1.29, 1.82) is 0 Å². The zero-order valence-corrected chi connectivity index (χ0v) is 14.8. The zero-order valence-electron chi connectivity index (χ0n) is 13.1. The molecule has 0 spiro atoms. The molecule has 0 aliphatic carbocycles. The van der Waals surface area contributed by atoms with Crippen molar-refractivity contribution >= 4 is 32.0 Å². The standard InChI is InChI=1S/C13H14FN3O6S2/c1-3-23-13(18)11-8-17(2)15-12(11)16-25(21,22)10-6-4-9(5-7-10)24(14,19)20/h4-8H,3H2,1-2H3,(H,15,16). The van der Waals surface area contributed by atoms with Gasteiger partial charge in [0.2, 0.25) is 0 Å². The van der Waals surface area contributed by atoms with Crippen molar-refractivity contribution in [1.82, 2.24) is 9.78 Å². The SMILES string of the molecule is CCOC(=O)c1cn(C)nc1NS(=O)(=O)c1ccc(S(=O)(=O)F)cc1. The zero-order chi connectivity index (χ0) is 18.8. The lowest BCUT2D eigenvalue weighted by molar-refractivity contribution is 0.0527. The number of nitrogens with one attached hydrogen (secondary N) is 1. The third kappa shape index (κ3) is 4.33. The number of aryl methyl sites for hydroxylation is 1. The molecule has 2 rings (SSSR count). The van der Waals surface area contributed by atoms with Crippen molar-refractivity contribution in [2.75, 3.05) is 11.3 Å². The molecule has 0 amide bonds. The summed E-state index contributed by atoms with van der Waals surface area (Å²) in [7, 11) is -7.63. The molecule has 1 aromatic carbocycles. The summed E-state index contributed by atoms with van der Waals surface area (Å²) < 4.78 is 67.3. The van der Waals surface area contributed by atoms with E-state index < -0.39 is 31.1 Å². The monoisotopic (exact) mass is 391 g/mol. The summed E-state index contributed by atoms with van der Waals surface area (Å²) in [5.74, 6) is -1.00. The van der Waals surface area contributed by atoms with Gasteiger partial charge in [0.1, 0.15) is 5.56 Å². The Morgan fingerprint density at radius 1 is 1.20 bits per heavy atom. The molecule has 0 saturated heterocycles. The van der Waals surface area contributed by atoms with E-state index in [1.165, 1.54) is 17.9 Å². The van der Waals surface area contributed by atoms with Crippen LogP contribution in [0.5, 0.6) is 0 Å². The number of benzene rings is 1. The Kier molecular flexibility index (Phi) is 5.13. The van der Waals surface area contributed by atoms with Gasteiger partial charge in [-0.1, -0.05) is 0 Å². The molecule has 2 aromatic rings. The third-order valence-corrected chi connectivity index (χ3v) is 5.16. The lowest BCUT2D eigenvalue weighted by Gasteiger charge is -2.07. The number of carbonyl (C=O) groups excluding carboxylic acids is 1. The van der Waals surface area contributed by atoms with Gasteiger partial charge in [0.25, 0.3) is 10.0 Å². The Hall–Kier alpha value is -2.47. The first-order valence-corrected chi connectivity index (χ1v) is 9.69. The van der Waals surface area contributed by atoms with Gasteiger partial charge in [-0.05, 0) is 31.2 Å². The summed E-state index contributed by atoms with van der Waals surface area (Å²) in [6.07, 6.45) is 1.29. The van der Waals surface area contributed by atoms with Gasteiger partial charge in [-0.2, -0.15) is 13.5 Å². The van der Waals surface area contributed by atoms with Crippen LogP contribution >= 0.6 is 0 Å². The van der Waals surface area contributed by atoms with E-state index in [1.54, 1.807) is 6.92 Å². The number of aromatic nitrogens is 2. The molecule has 1 heterocycles. The molecule has 1 aromatic heterocycles.